The van der Waals surface area contributed by atoms with E-state index < -0.39 is 5.97 Å². The normalized spacial score (nSPS) is 10.4. The highest BCUT2D eigenvalue weighted by Crippen LogP contribution is 1.99. The van der Waals surface area contributed by atoms with Crippen LogP contribution < -0.4 is 11.1 Å². The summed E-state index contributed by atoms with van der Waals surface area (Å²) in [4.78, 5) is 21.9. The summed E-state index contributed by atoms with van der Waals surface area (Å²) in [7, 11) is 0. The fourth-order valence-corrected chi connectivity index (χ4v) is 1.51. The highest BCUT2D eigenvalue weighted by Gasteiger charge is 2.09. The Hall–Kier alpha value is -1.96. The molecule has 4 N–H and O–H groups in total. The largest absolute Gasteiger partial charge is 0.481 e. The smallest absolute Gasteiger partial charge is 0.303 e. The van der Waals surface area contributed by atoms with Crippen molar-refractivity contribution < 1.29 is 14.7 Å². The zero-order valence-electron chi connectivity index (χ0n) is 10.7. The number of carbonyl (C=O) groups is 2. The third kappa shape index (κ3) is 5.96. The molecule has 0 atom stereocenters. The third-order valence-corrected chi connectivity index (χ3v) is 2.48. The van der Waals surface area contributed by atoms with E-state index in [1.54, 1.807) is 6.20 Å². The Morgan fingerprint density at radius 2 is 2.16 bits per heavy atom. The molecule has 0 saturated carbocycles. The average Bonchev–Trinajstić information content (AvgIpc) is 2.82. The molecule has 8 nitrogen and oxygen atoms in total. The second-order valence-electron chi connectivity index (χ2n) is 4.12. The van der Waals surface area contributed by atoms with Crippen LogP contribution in [-0.2, 0) is 11.3 Å². The molecule has 1 rings (SSSR count). The maximum absolute atomic E-state index is 11.7. The zero-order chi connectivity index (χ0) is 14.1. The SMILES string of the molecule is NCCn1cc(C(=O)NCCCCCC(=O)O)nn1. The number of hydrogen-bond donors (Lipinski definition) is 3. The number of aromatic nitrogens is 3. The minimum atomic E-state index is -0.791. The number of carboxylic acids is 1. The second kappa shape index (κ2) is 8.20. The van der Waals surface area contributed by atoms with Gasteiger partial charge in [-0.3, -0.25) is 14.3 Å². The van der Waals surface area contributed by atoms with Gasteiger partial charge in [-0.1, -0.05) is 11.6 Å². The molecule has 106 valence electrons. The lowest BCUT2D eigenvalue weighted by molar-refractivity contribution is -0.137. The number of rotatable bonds is 9. The van der Waals surface area contributed by atoms with Crippen LogP contribution in [0.5, 0.6) is 0 Å². The topological polar surface area (TPSA) is 123 Å². The molecule has 0 bridgehead atoms. The van der Waals surface area contributed by atoms with Crippen LogP contribution in [0.2, 0.25) is 0 Å². The first-order valence-corrected chi connectivity index (χ1v) is 6.23. The summed E-state index contributed by atoms with van der Waals surface area (Å²) in [6.45, 7) is 1.46. The molecule has 0 aliphatic carbocycles. The van der Waals surface area contributed by atoms with E-state index in [0.717, 1.165) is 12.8 Å². The van der Waals surface area contributed by atoms with E-state index in [2.05, 4.69) is 15.6 Å². The van der Waals surface area contributed by atoms with Gasteiger partial charge in [0.1, 0.15) is 0 Å². The van der Waals surface area contributed by atoms with Crippen molar-refractivity contribution in [1.29, 1.82) is 0 Å². The Bertz CT molecular complexity index is 418. The molecule has 1 aromatic heterocycles. The molecular weight excluding hydrogens is 250 g/mol. The van der Waals surface area contributed by atoms with Gasteiger partial charge in [0, 0.05) is 19.5 Å². The summed E-state index contributed by atoms with van der Waals surface area (Å²) in [5.74, 6) is -1.07. The lowest BCUT2D eigenvalue weighted by Crippen LogP contribution is -2.24. The fraction of sp³-hybridized carbons (Fsp3) is 0.636. The third-order valence-electron chi connectivity index (χ3n) is 2.48. The van der Waals surface area contributed by atoms with E-state index in [9.17, 15) is 9.59 Å². The Balaban J connectivity index is 2.18. The molecule has 0 fully saturated rings. The summed E-state index contributed by atoms with van der Waals surface area (Å²) >= 11 is 0. The molecule has 0 spiro atoms. The first-order chi connectivity index (χ1) is 9.13. The van der Waals surface area contributed by atoms with Crippen molar-refractivity contribution >= 4 is 11.9 Å². The van der Waals surface area contributed by atoms with E-state index in [-0.39, 0.29) is 18.0 Å². The number of aliphatic carboxylic acids is 1. The lowest BCUT2D eigenvalue weighted by atomic mass is 10.2. The van der Waals surface area contributed by atoms with Crippen LogP contribution in [0.4, 0.5) is 0 Å². The van der Waals surface area contributed by atoms with Gasteiger partial charge in [0.05, 0.1) is 12.7 Å². The summed E-state index contributed by atoms with van der Waals surface area (Å²) in [5, 5.41) is 18.7. The second-order valence-corrected chi connectivity index (χ2v) is 4.12. The van der Waals surface area contributed by atoms with E-state index in [0.29, 0.717) is 26.1 Å². The number of hydrogen-bond acceptors (Lipinski definition) is 5. The number of carbonyl (C=O) groups excluding carboxylic acids is 1. The van der Waals surface area contributed by atoms with E-state index in [4.69, 9.17) is 10.8 Å². The summed E-state index contributed by atoms with van der Waals surface area (Å²) < 4.78 is 1.52. The van der Waals surface area contributed by atoms with Gasteiger partial charge in [-0.2, -0.15) is 0 Å². The van der Waals surface area contributed by atoms with Gasteiger partial charge in [-0.05, 0) is 12.8 Å². The predicted molar refractivity (Wildman–Crippen MR) is 67.5 cm³/mol. The number of unbranched alkanes of at least 4 members (excludes halogenated alkanes) is 2. The minimum Gasteiger partial charge on any atom is -0.481 e. The van der Waals surface area contributed by atoms with Gasteiger partial charge in [0.15, 0.2) is 5.69 Å². The van der Waals surface area contributed by atoms with Crippen LogP contribution in [0.15, 0.2) is 6.20 Å². The van der Waals surface area contributed by atoms with Crippen molar-refractivity contribution in [3.8, 4) is 0 Å². The molecule has 0 unspecified atom stereocenters. The molecule has 1 aromatic rings. The van der Waals surface area contributed by atoms with Crippen LogP contribution >= 0.6 is 0 Å². The quantitative estimate of drug-likeness (QED) is 0.525. The van der Waals surface area contributed by atoms with Gasteiger partial charge in [-0.15, -0.1) is 5.10 Å². The van der Waals surface area contributed by atoms with Crippen LogP contribution in [0.1, 0.15) is 36.2 Å². The zero-order valence-corrected chi connectivity index (χ0v) is 10.7. The van der Waals surface area contributed by atoms with Crippen molar-refractivity contribution in [2.45, 2.75) is 32.2 Å². The Labute approximate surface area is 111 Å². The van der Waals surface area contributed by atoms with Crippen molar-refractivity contribution in [3.05, 3.63) is 11.9 Å². The first-order valence-electron chi connectivity index (χ1n) is 6.23. The highest BCUT2D eigenvalue weighted by atomic mass is 16.4. The molecule has 1 amide bonds. The van der Waals surface area contributed by atoms with Crippen molar-refractivity contribution in [1.82, 2.24) is 20.3 Å². The van der Waals surface area contributed by atoms with Crippen molar-refractivity contribution in [3.63, 3.8) is 0 Å². The molecule has 1 heterocycles. The standard InChI is InChI=1S/C11H19N5O3/c12-5-7-16-8-9(14-15-16)11(19)13-6-3-1-2-4-10(17)18/h8H,1-7,12H2,(H,13,19)(H,17,18). The van der Waals surface area contributed by atoms with Gasteiger partial charge < -0.3 is 16.2 Å². The van der Waals surface area contributed by atoms with Gasteiger partial charge >= 0.3 is 5.97 Å². The van der Waals surface area contributed by atoms with E-state index in [1.165, 1.54) is 4.68 Å². The Morgan fingerprint density at radius 1 is 1.37 bits per heavy atom. The molecule has 0 radical (unpaired) electrons. The molecule has 0 aliphatic rings. The monoisotopic (exact) mass is 269 g/mol. The van der Waals surface area contributed by atoms with Gasteiger partial charge in [-0.25, -0.2) is 0 Å². The summed E-state index contributed by atoms with van der Waals surface area (Å²) in [5.41, 5.74) is 5.63. The van der Waals surface area contributed by atoms with Gasteiger partial charge in [0.25, 0.3) is 5.91 Å². The number of nitrogens with zero attached hydrogens (tertiary/aromatic N) is 3. The molecule has 0 aromatic carbocycles. The van der Waals surface area contributed by atoms with Crippen LogP contribution in [0.25, 0.3) is 0 Å². The van der Waals surface area contributed by atoms with Crippen LogP contribution in [0.3, 0.4) is 0 Å². The minimum absolute atomic E-state index is 0.168. The number of amides is 1. The summed E-state index contributed by atoms with van der Waals surface area (Å²) in [6, 6.07) is 0. The van der Waals surface area contributed by atoms with Gasteiger partial charge in [0.2, 0.25) is 0 Å². The molecular formula is C11H19N5O3. The molecule has 0 saturated heterocycles. The maximum Gasteiger partial charge on any atom is 0.303 e. The maximum atomic E-state index is 11.7. The number of nitrogens with one attached hydrogen (secondary N) is 1. The average molecular weight is 269 g/mol. The highest BCUT2D eigenvalue weighted by molar-refractivity contribution is 5.91. The van der Waals surface area contributed by atoms with E-state index >= 15 is 0 Å². The molecule has 8 heteroatoms. The number of carboxylic acid groups (broad SMARTS) is 1. The molecule has 0 aliphatic heterocycles. The lowest BCUT2D eigenvalue weighted by Gasteiger charge is -2.02. The number of nitrogens with two attached hydrogens (primary N) is 1. The van der Waals surface area contributed by atoms with E-state index in [1.807, 2.05) is 0 Å². The van der Waals surface area contributed by atoms with Crippen molar-refractivity contribution in [2.24, 2.45) is 5.73 Å². The van der Waals surface area contributed by atoms with Crippen molar-refractivity contribution in [2.75, 3.05) is 13.1 Å². The first kappa shape index (κ1) is 15.1. The Kier molecular flexibility index (Phi) is 6.51. The van der Waals surface area contributed by atoms with Crippen LogP contribution in [-0.4, -0.2) is 45.1 Å². The predicted octanol–water partition coefficient (Wildman–Crippen LogP) is -0.388. The summed E-state index contributed by atoms with van der Waals surface area (Å²) in [6.07, 6.45) is 3.86. The van der Waals surface area contributed by atoms with Crippen LogP contribution in [0, 0.1) is 0 Å². The fourth-order valence-electron chi connectivity index (χ4n) is 1.51. The Morgan fingerprint density at radius 3 is 2.84 bits per heavy atom. The molecule has 19 heavy (non-hydrogen) atoms.